The van der Waals surface area contributed by atoms with Gasteiger partial charge in [-0.2, -0.15) is 0 Å². The van der Waals surface area contributed by atoms with E-state index in [1.54, 1.807) is 31.4 Å². The van der Waals surface area contributed by atoms with E-state index in [1.165, 1.54) is 0 Å². The summed E-state index contributed by atoms with van der Waals surface area (Å²) in [6.07, 6.45) is 0. The van der Waals surface area contributed by atoms with Gasteiger partial charge in [0.15, 0.2) is 0 Å². The largest absolute Gasteiger partial charge is 0.497 e. The zero-order valence-corrected chi connectivity index (χ0v) is 12.4. The summed E-state index contributed by atoms with van der Waals surface area (Å²) in [5.74, 6) is 0.685. The summed E-state index contributed by atoms with van der Waals surface area (Å²) in [4.78, 5) is 0. The molecule has 2 aromatic rings. The molecule has 2 N–H and O–H groups in total. The highest BCUT2D eigenvalue weighted by atomic mass is 35.5. The van der Waals surface area contributed by atoms with Crippen LogP contribution in [0.4, 0.5) is 0 Å². The maximum Gasteiger partial charge on any atom is 0.120 e. The molecule has 0 heterocycles. The fraction of sp³-hybridized carbons (Fsp3) is 0.143. The van der Waals surface area contributed by atoms with Gasteiger partial charge in [0.05, 0.1) is 13.2 Å². The number of methoxy groups -OCH3 is 1. The number of hydrogen-bond acceptors (Lipinski definition) is 2. The minimum Gasteiger partial charge on any atom is -0.497 e. The number of hydrogen-bond donors (Lipinski definition) is 1. The Morgan fingerprint density at radius 3 is 2.16 bits per heavy atom. The average Bonchev–Trinajstić information content (AvgIpc) is 2.36. The molecule has 2 rings (SSSR count). The van der Waals surface area contributed by atoms with Crippen LogP contribution in [-0.2, 0) is 0 Å². The number of benzene rings is 2. The average molecular weight is 317 g/mol. The molecule has 2 nitrogen and oxygen atoms in total. The van der Waals surface area contributed by atoms with Gasteiger partial charge >= 0.3 is 0 Å². The van der Waals surface area contributed by atoms with Crippen molar-refractivity contribution in [3.05, 3.63) is 62.6 Å². The molecule has 5 heteroatoms. The summed E-state index contributed by atoms with van der Waals surface area (Å²) in [5.41, 5.74) is 7.81. The molecular formula is C14H12Cl3NO. The highest BCUT2D eigenvalue weighted by Gasteiger charge is 2.14. The van der Waals surface area contributed by atoms with Crippen LogP contribution in [0.25, 0.3) is 0 Å². The van der Waals surface area contributed by atoms with Crippen LogP contribution in [0.15, 0.2) is 36.4 Å². The number of halogens is 3. The van der Waals surface area contributed by atoms with Gasteiger partial charge in [-0.05, 0) is 41.5 Å². The summed E-state index contributed by atoms with van der Waals surface area (Å²) in [7, 11) is 1.59. The van der Waals surface area contributed by atoms with E-state index in [0.29, 0.717) is 20.8 Å². The fourth-order valence-electron chi connectivity index (χ4n) is 1.82. The first-order valence-corrected chi connectivity index (χ1v) is 6.69. The molecule has 2 aromatic carbocycles. The lowest BCUT2D eigenvalue weighted by Crippen LogP contribution is -2.12. The van der Waals surface area contributed by atoms with Crippen LogP contribution in [0.5, 0.6) is 5.75 Å². The van der Waals surface area contributed by atoms with Crippen molar-refractivity contribution >= 4 is 34.8 Å². The molecule has 100 valence electrons. The molecular weight excluding hydrogens is 305 g/mol. The minimum absolute atomic E-state index is 0.394. The molecule has 0 amide bonds. The van der Waals surface area contributed by atoms with Gasteiger partial charge in [-0.1, -0.05) is 40.9 Å². The van der Waals surface area contributed by atoms with Gasteiger partial charge < -0.3 is 10.5 Å². The smallest absolute Gasteiger partial charge is 0.120 e. The SMILES string of the molecule is COc1ccc(C(N)c2cc(Cl)cc(Cl)c2)c(Cl)c1. The van der Waals surface area contributed by atoms with Gasteiger partial charge in [0.1, 0.15) is 5.75 Å². The summed E-state index contributed by atoms with van der Waals surface area (Å²) < 4.78 is 5.11. The molecule has 0 aliphatic heterocycles. The highest BCUT2D eigenvalue weighted by Crippen LogP contribution is 2.32. The van der Waals surface area contributed by atoms with E-state index in [0.717, 1.165) is 11.1 Å². The highest BCUT2D eigenvalue weighted by molar-refractivity contribution is 6.34. The van der Waals surface area contributed by atoms with Crippen LogP contribution in [0.1, 0.15) is 17.2 Å². The molecule has 0 aromatic heterocycles. The molecule has 0 fully saturated rings. The topological polar surface area (TPSA) is 35.2 Å². The molecule has 1 unspecified atom stereocenters. The molecule has 0 aliphatic rings. The molecule has 19 heavy (non-hydrogen) atoms. The van der Waals surface area contributed by atoms with Crippen molar-refractivity contribution in [2.24, 2.45) is 5.73 Å². The van der Waals surface area contributed by atoms with E-state index in [1.807, 2.05) is 12.1 Å². The number of rotatable bonds is 3. The van der Waals surface area contributed by atoms with E-state index in [-0.39, 0.29) is 0 Å². The minimum atomic E-state index is -0.394. The van der Waals surface area contributed by atoms with Crippen molar-refractivity contribution in [2.45, 2.75) is 6.04 Å². The van der Waals surface area contributed by atoms with Crippen LogP contribution in [0.2, 0.25) is 15.1 Å². The van der Waals surface area contributed by atoms with E-state index < -0.39 is 6.04 Å². The summed E-state index contributed by atoms with van der Waals surface area (Å²) >= 11 is 18.2. The Balaban J connectivity index is 2.40. The van der Waals surface area contributed by atoms with Gasteiger partial charge in [0, 0.05) is 15.1 Å². The van der Waals surface area contributed by atoms with Gasteiger partial charge in [-0.15, -0.1) is 0 Å². The maximum absolute atomic E-state index is 6.21. The monoisotopic (exact) mass is 315 g/mol. The van der Waals surface area contributed by atoms with Gasteiger partial charge in [-0.25, -0.2) is 0 Å². The van der Waals surface area contributed by atoms with Crippen LogP contribution in [0.3, 0.4) is 0 Å². The molecule has 0 spiro atoms. The Hall–Kier alpha value is -0.930. The quantitative estimate of drug-likeness (QED) is 0.890. The second-order valence-electron chi connectivity index (χ2n) is 4.07. The third kappa shape index (κ3) is 3.34. The van der Waals surface area contributed by atoms with Crippen molar-refractivity contribution in [3.8, 4) is 5.75 Å². The third-order valence-electron chi connectivity index (χ3n) is 2.79. The van der Waals surface area contributed by atoms with Gasteiger partial charge in [0.2, 0.25) is 0 Å². The first-order valence-electron chi connectivity index (χ1n) is 5.56. The summed E-state index contributed by atoms with van der Waals surface area (Å²) in [5, 5.41) is 1.63. The number of ether oxygens (including phenoxy) is 1. The van der Waals surface area contributed by atoms with Crippen molar-refractivity contribution in [1.82, 2.24) is 0 Å². The fourth-order valence-corrected chi connectivity index (χ4v) is 2.65. The van der Waals surface area contributed by atoms with E-state index in [4.69, 9.17) is 45.3 Å². The van der Waals surface area contributed by atoms with Crippen LogP contribution >= 0.6 is 34.8 Å². The van der Waals surface area contributed by atoms with E-state index in [9.17, 15) is 0 Å². The van der Waals surface area contributed by atoms with E-state index >= 15 is 0 Å². The maximum atomic E-state index is 6.21. The van der Waals surface area contributed by atoms with Crippen molar-refractivity contribution in [1.29, 1.82) is 0 Å². The standard InChI is InChI=1S/C14H12Cl3NO/c1-19-11-2-3-12(13(17)7-11)14(18)8-4-9(15)6-10(16)5-8/h2-7,14H,18H2,1H3. The Kier molecular flexibility index (Phi) is 4.58. The second kappa shape index (κ2) is 6.02. The molecule has 0 aliphatic carbocycles. The first-order chi connectivity index (χ1) is 9.01. The van der Waals surface area contributed by atoms with E-state index in [2.05, 4.69) is 0 Å². The molecule has 0 saturated carbocycles. The Morgan fingerprint density at radius 2 is 1.63 bits per heavy atom. The zero-order valence-electron chi connectivity index (χ0n) is 10.2. The summed E-state index contributed by atoms with van der Waals surface area (Å²) in [6, 6.07) is 10.2. The van der Waals surface area contributed by atoms with Crippen LogP contribution in [-0.4, -0.2) is 7.11 Å². The van der Waals surface area contributed by atoms with Crippen molar-refractivity contribution in [3.63, 3.8) is 0 Å². The molecule has 0 bridgehead atoms. The lowest BCUT2D eigenvalue weighted by molar-refractivity contribution is 0.414. The predicted octanol–water partition coefficient (Wildman–Crippen LogP) is 4.70. The molecule has 1 atom stereocenters. The lowest BCUT2D eigenvalue weighted by Gasteiger charge is -2.15. The number of nitrogens with two attached hydrogens (primary N) is 1. The molecule has 0 radical (unpaired) electrons. The Labute approximate surface area is 127 Å². The Bertz CT molecular complexity index is 581. The molecule has 0 saturated heterocycles. The zero-order chi connectivity index (χ0) is 14.0. The van der Waals surface area contributed by atoms with Gasteiger partial charge in [-0.3, -0.25) is 0 Å². The third-order valence-corrected chi connectivity index (χ3v) is 3.55. The van der Waals surface area contributed by atoms with Gasteiger partial charge in [0.25, 0.3) is 0 Å². The van der Waals surface area contributed by atoms with Crippen LogP contribution in [0, 0.1) is 0 Å². The van der Waals surface area contributed by atoms with Crippen molar-refractivity contribution < 1.29 is 4.74 Å². The lowest BCUT2D eigenvalue weighted by atomic mass is 9.99. The Morgan fingerprint density at radius 1 is 1.00 bits per heavy atom. The normalized spacial score (nSPS) is 12.3. The van der Waals surface area contributed by atoms with Crippen LogP contribution < -0.4 is 10.5 Å². The first kappa shape index (κ1) is 14.5. The summed E-state index contributed by atoms with van der Waals surface area (Å²) in [6.45, 7) is 0. The second-order valence-corrected chi connectivity index (χ2v) is 5.35. The predicted molar refractivity (Wildman–Crippen MR) is 80.5 cm³/mol. The van der Waals surface area contributed by atoms with Crippen molar-refractivity contribution in [2.75, 3.05) is 7.11 Å².